The quantitative estimate of drug-likeness (QED) is 0.367. The molecule has 0 amide bonds. The molecule has 0 bridgehead atoms. The van der Waals surface area contributed by atoms with E-state index in [1.54, 1.807) is 11.7 Å². The Labute approximate surface area is 207 Å². The number of aromatic nitrogens is 1. The van der Waals surface area contributed by atoms with Crippen molar-refractivity contribution in [2.75, 3.05) is 20.2 Å². The first kappa shape index (κ1) is 23.6. The average Bonchev–Trinajstić information content (AvgIpc) is 3.26. The third-order valence-electron chi connectivity index (χ3n) is 5.68. The van der Waals surface area contributed by atoms with Gasteiger partial charge in [0.15, 0.2) is 11.5 Å². The smallest absolute Gasteiger partial charge is 0.273 e. The van der Waals surface area contributed by atoms with E-state index in [4.69, 9.17) is 21.1 Å². The normalized spacial score (nSPS) is 15.8. The maximum Gasteiger partial charge on any atom is 0.273 e. The molecule has 1 aliphatic rings. The highest BCUT2D eigenvalue weighted by Crippen LogP contribution is 2.34. The van der Waals surface area contributed by atoms with Crippen LogP contribution in [0.5, 0.6) is 11.5 Å². The van der Waals surface area contributed by atoms with Gasteiger partial charge in [0.2, 0.25) is 0 Å². The molecule has 1 fully saturated rings. The number of hydrogen-bond donors (Lipinski definition) is 1. The van der Waals surface area contributed by atoms with Gasteiger partial charge in [-0.1, -0.05) is 23.7 Å². The van der Waals surface area contributed by atoms with Crippen LogP contribution in [0.25, 0.3) is 26.2 Å². The Kier molecular flexibility index (Phi) is 7.29. The number of thiophene rings is 1. The molecule has 5 rings (SSSR count). The van der Waals surface area contributed by atoms with Gasteiger partial charge in [-0.3, -0.25) is 9.36 Å². The predicted octanol–water partition coefficient (Wildman–Crippen LogP) is 5.93. The SMILES string of the molecule is COc1cc(-n2ccc3cc(-c4ccc(Cl)cc4)sc3c2=O)ccc1O[C@@H]1CCCNC1.Cl. The molecular formula is C25H24Cl2N2O3S. The van der Waals surface area contributed by atoms with Crippen LogP contribution in [0.15, 0.2) is 65.6 Å². The van der Waals surface area contributed by atoms with Gasteiger partial charge in [-0.2, -0.15) is 0 Å². The Morgan fingerprint density at radius 3 is 2.64 bits per heavy atom. The summed E-state index contributed by atoms with van der Waals surface area (Å²) in [6.45, 7) is 1.86. The molecular weight excluding hydrogens is 479 g/mol. The number of hydrogen-bond acceptors (Lipinski definition) is 5. The van der Waals surface area contributed by atoms with Crippen LogP contribution >= 0.6 is 35.3 Å². The number of fused-ring (bicyclic) bond motifs is 1. The fourth-order valence-corrected chi connectivity index (χ4v) is 5.21. The van der Waals surface area contributed by atoms with Gasteiger partial charge >= 0.3 is 0 Å². The van der Waals surface area contributed by atoms with Crippen molar-refractivity contribution in [2.45, 2.75) is 18.9 Å². The van der Waals surface area contributed by atoms with Crippen molar-refractivity contribution < 1.29 is 9.47 Å². The van der Waals surface area contributed by atoms with Crippen molar-refractivity contribution in [3.8, 4) is 27.6 Å². The van der Waals surface area contributed by atoms with Gasteiger partial charge in [0.25, 0.3) is 5.56 Å². The second kappa shape index (κ2) is 10.2. The van der Waals surface area contributed by atoms with Gasteiger partial charge in [-0.25, -0.2) is 0 Å². The average molecular weight is 503 g/mol. The number of nitrogens with zero attached hydrogens (tertiary/aromatic N) is 1. The summed E-state index contributed by atoms with van der Waals surface area (Å²) < 4.78 is 14.1. The standard InChI is InChI=1S/C25H23ClN2O3S.ClH/c1-30-22-14-19(8-9-21(22)31-20-3-2-11-27-15-20)28-12-10-17-13-23(32-24(17)25(28)29)16-4-6-18(26)7-5-16;/h4-10,12-14,20,27H,2-3,11,15H2,1H3;1H/t20-;/m1./s1. The van der Waals surface area contributed by atoms with Gasteiger partial charge < -0.3 is 14.8 Å². The van der Waals surface area contributed by atoms with Crippen LogP contribution in [-0.2, 0) is 0 Å². The molecule has 5 nitrogen and oxygen atoms in total. The number of halogens is 2. The largest absolute Gasteiger partial charge is 0.493 e. The van der Waals surface area contributed by atoms with Crippen molar-refractivity contribution in [3.05, 3.63) is 76.2 Å². The van der Waals surface area contributed by atoms with E-state index in [2.05, 4.69) is 5.32 Å². The summed E-state index contributed by atoms with van der Waals surface area (Å²) in [4.78, 5) is 14.3. The maximum absolute atomic E-state index is 13.3. The van der Waals surface area contributed by atoms with Crippen LogP contribution in [0, 0.1) is 0 Å². The number of methoxy groups -OCH3 is 1. The summed E-state index contributed by atoms with van der Waals surface area (Å²) in [5.74, 6) is 1.31. The zero-order valence-corrected chi connectivity index (χ0v) is 20.4. The number of rotatable bonds is 5. The second-order valence-electron chi connectivity index (χ2n) is 7.81. The van der Waals surface area contributed by atoms with Crippen LogP contribution < -0.4 is 20.3 Å². The highest BCUT2D eigenvalue weighted by molar-refractivity contribution is 7.22. The van der Waals surface area contributed by atoms with Crippen molar-refractivity contribution in [1.29, 1.82) is 0 Å². The van der Waals surface area contributed by atoms with E-state index in [1.807, 2.05) is 60.8 Å². The molecule has 1 atom stereocenters. The van der Waals surface area contributed by atoms with Crippen LogP contribution in [0.4, 0.5) is 0 Å². The van der Waals surface area contributed by atoms with Gasteiger partial charge in [-0.15, -0.1) is 23.7 Å². The first-order chi connectivity index (χ1) is 15.6. The summed E-state index contributed by atoms with van der Waals surface area (Å²) >= 11 is 7.50. The number of benzene rings is 2. The second-order valence-corrected chi connectivity index (χ2v) is 9.30. The molecule has 4 aromatic rings. The molecule has 3 heterocycles. The predicted molar refractivity (Wildman–Crippen MR) is 138 cm³/mol. The molecule has 2 aromatic carbocycles. The molecule has 0 radical (unpaired) electrons. The molecule has 8 heteroatoms. The van der Waals surface area contributed by atoms with Crippen LogP contribution in [0.2, 0.25) is 5.02 Å². The number of pyridine rings is 1. The maximum atomic E-state index is 13.3. The van der Waals surface area contributed by atoms with E-state index in [9.17, 15) is 4.79 Å². The lowest BCUT2D eigenvalue weighted by atomic mass is 10.1. The third-order valence-corrected chi connectivity index (χ3v) is 7.12. The van der Waals surface area contributed by atoms with Gasteiger partial charge in [0, 0.05) is 34.1 Å². The number of nitrogens with one attached hydrogen (secondary N) is 1. The van der Waals surface area contributed by atoms with Crippen LogP contribution in [-0.4, -0.2) is 30.9 Å². The van der Waals surface area contributed by atoms with E-state index in [1.165, 1.54) is 11.3 Å². The topological polar surface area (TPSA) is 52.5 Å². The molecule has 2 aromatic heterocycles. The summed E-state index contributed by atoms with van der Waals surface area (Å²) in [5.41, 5.74) is 1.73. The highest BCUT2D eigenvalue weighted by Gasteiger charge is 2.18. The molecule has 0 aliphatic carbocycles. The Bertz CT molecular complexity index is 1310. The number of piperidine rings is 1. The van der Waals surface area contributed by atoms with E-state index in [0.29, 0.717) is 21.2 Å². The summed E-state index contributed by atoms with van der Waals surface area (Å²) in [7, 11) is 1.62. The number of ether oxygens (including phenoxy) is 2. The van der Waals surface area contributed by atoms with Gasteiger partial charge in [-0.05, 0) is 61.3 Å². The van der Waals surface area contributed by atoms with E-state index >= 15 is 0 Å². The Morgan fingerprint density at radius 1 is 1.09 bits per heavy atom. The zero-order chi connectivity index (χ0) is 22.1. The monoisotopic (exact) mass is 502 g/mol. The van der Waals surface area contributed by atoms with Crippen molar-refractivity contribution in [3.63, 3.8) is 0 Å². The molecule has 1 saturated heterocycles. The van der Waals surface area contributed by atoms with E-state index in [0.717, 1.165) is 47.4 Å². The zero-order valence-electron chi connectivity index (χ0n) is 18.0. The van der Waals surface area contributed by atoms with Crippen molar-refractivity contribution in [1.82, 2.24) is 9.88 Å². The summed E-state index contributed by atoms with van der Waals surface area (Å²) in [6.07, 6.45) is 4.05. The summed E-state index contributed by atoms with van der Waals surface area (Å²) in [6, 6.07) is 17.3. The van der Waals surface area contributed by atoms with E-state index in [-0.39, 0.29) is 24.1 Å². The first-order valence-electron chi connectivity index (χ1n) is 10.6. The minimum absolute atomic E-state index is 0. The Balaban J connectivity index is 0.00000259. The van der Waals surface area contributed by atoms with Crippen molar-refractivity contribution in [2.24, 2.45) is 0 Å². The van der Waals surface area contributed by atoms with E-state index < -0.39 is 0 Å². The van der Waals surface area contributed by atoms with Gasteiger partial charge in [0.05, 0.1) is 12.8 Å². The van der Waals surface area contributed by atoms with Crippen LogP contribution in [0.1, 0.15) is 12.8 Å². The first-order valence-corrected chi connectivity index (χ1v) is 11.8. The third kappa shape index (κ3) is 4.89. The van der Waals surface area contributed by atoms with Crippen molar-refractivity contribution >= 4 is 45.4 Å². The molecule has 33 heavy (non-hydrogen) atoms. The molecule has 0 unspecified atom stereocenters. The fraction of sp³-hybridized carbons (Fsp3) is 0.240. The lowest BCUT2D eigenvalue weighted by Crippen LogP contribution is -2.37. The fourth-order valence-electron chi connectivity index (χ4n) is 3.99. The molecule has 1 aliphatic heterocycles. The Morgan fingerprint density at radius 2 is 1.91 bits per heavy atom. The summed E-state index contributed by atoms with van der Waals surface area (Å²) in [5, 5.41) is 4.98. The molecule has 0 saturated carbocycles. The highest BCUT2D eigenvalue weighted by atomic mass is 35.5. The molecule has 172 valence electrons. The molecule has 0 spiro atoms. The minimum Gasteiger partial charge on any atom is -0.493 e. The lowest BCUT2D eigenvalue weighted by Gasteiger charge is -2.25. The minimum atomic E-state index is -0.0556. The van der Waals surface area contributed by atoms with Gasteiger partial charge in [0.1, 0.15) is 10.8 Å². The Hall–Kier alpha value is -2.51. The molecule has 1 N–H and O–H groups in total. The van der Waals surface area contributed by atoms with Crippen LogP contribution in [0.3, 0.4) is 0 Å². The lowest BCUT2D eigenvalue weighted by molar-refractivity contribution is 0.161.